The molecule has 0 aliphatic heterocycles. The number of carbonyl (C=O) groups excluding carboxylic acids is 2. The molecule has 2 N–H and O–H groups in total. The second-order valence-electron chi connectivity index (χ2n) is 4.36. The number of carbonyl (C=O) groups is 2. The topological polar surface area (TPSA) is 89.8 Å². The fourth-order valence-electron chi connectivity index (χ4n) is 1.77. The number of benzene rings is 1. The molecule has 9 heteroatoms. The molecule has 0 saturated carbocycles. The van der Waals surface area contributed by atoms with Gasteiger partial charge < -0.3 is 13.9 Å². The van der Waals surface area contributed by atoms with E-state index < -0.39 is 18.4 Å². The normalized spacial score (nSPS) is 10.3. The van der Waals surface area contributed by atoms with Gasteiger partial charge in [-0.3, -0.25) is 20.4 Å². The summed E-state index contributed by atoms with van der Waals surface area (Å²) in [4.78, 5) is 23.6. The van der Waals surface area contributed by atoms with Crippen LogP contribution in [0.5, 0.6) is 11.5 Å². The number of halogens is 2. The van der Waals surface area contributed by atoms with E-state index >= 15 is 0 Å². The average molecular weight is 340 g/mol. The van der Waals surface area contributed by atoms with Crippen LogP contribution in [0.15, 0.2) is 41.0 Å². The summed E-state index contributed by atoms with van der Waals surface area (Å²) in [7, 11) is 0. The number of hydrazine groups is 1. The lowest BCUT2D eigenvalue weighted by atomic mass is 10.2. The Bertz CT molecular complexity index is 704. The third-order valence-corrected chi connectivity index (χ3v) is 2.76. The van der Waals surface area contributed by atoms with Crippen LogP contribution in [0, 0.1) is 0 Å². The molecular weight excluding hydrogens is 326 g/mol. The molecule has 0 bridgehead atoms. The fraction of sp³-hybridized carbons (Fsp3) is 0.200. The molecule has 0 radical (unpaired) electrons. The van der Waals surface area contributed by atoms with Gasteiger partial charge in [-0.2, -0.15) is 8.78 Å². The molecule has 2 amide bonds. The lowest BCUT2D eigenvalue weighted by molar-refractivity contribution is -0.0514. The van der Waals surface area contributed by atoms with E-state index in [1.807, 2.05) is 0 Å². The van der Waals surface area contributed by atoms with Gasteiger partial charge in [-0.15, -0.1) is 0 Å². The van der Waals surface area contributed by atoms with Crippen molar-refractivity contribution in [3.63, 3.8) is 0 Å². The number of furan rings is 1. The third-order valence-electron chi connectivity index (χ3n) is 2.76. The highest BCUT2D eigenvalue weighted by molar-refractivity contribution is 5.98. The smallest absolute Gasteiger partial charge is 0.387 e. The highest BCUT2D eigenvalue weighted by Crippen LogP contribution is 2.29. The molecular formula is C15H14F2N2O5. The quantitative estimate of drug-likeness (QED) is 0.788. The summed E-state index contributed by atoms with van der Waals surface area (Å²) >= 11 is 0. The molecule has 0 saturated heterocycles. The van der Waals surface area contributed by atoms with E-state index in [4.69, 9.17) is 9.15 Å². The second kappa shape index (κ2) is 7.95. The maximum absolute atomic E-state index is 12.3. The maximum atomic E-state index is 12.3. The van der Waals surface area contributed by atoms with E-state index in [1.165, 1.54) is 36.6 Å². The zero-order valence-electron chi connectivity index (χ0n) is 12.5. The van der Waals surface area contributed by atoms with Gasteiger partial charge in [0.15, 0.2) is 17.3 Å². The van der Waals surface area contributed by atoms with Crippen molar-refractivity contribution in [3.05, 3.63) is 47.9 Å². The van der Waals surface area contributed by atoms with Crippen LogP contribution in [0.25, 0.3) is 0 Å². The Morgan fingerprint density at radius 3 is 2.54 bits per heavy atom. The molecule has 0 fully saturated rings. The van der Waals surface area contributed by atoms with Crippen LogP contribution in [-0.2, 0) is 0 Å². The highest BCUT2D eigenvalue weighted by atomic mass is 19.3. The van der Waals surface area contributed by atoms with Crippen molar-refractivity contribution in [2.24, 2.45) is 0 Å². The van der Waals surface area contributed by atoms with Crippen molar-refractivity contribution in [2.75, 3.05) is 6.61 Å². The van der Waals surface area contributed by atoms with Gasteiger partial charge in [0.05, 0.1) is 12.9 Å². The van der Waals surface area contributed by atoms with Crippen LogP contribution in [0.2, 0.25) is 0 Å². The summed E-state index contributed by atoms with van der Waals surface area (Å²) in [5, 5.41) is 0. The molecule has 0 aliphatic carbocycles. The number of hydrogen-bond donors (Lipinski definition) is 2. The van der Waals surface area contributed by atoms with Crippen molar-refractivity contribution in [1.82, 2.24) is 10.9 Å². The number of alkyl halides is 2. The highest BCUT2D eigenvalue weighted by Gasteiger charge is 2.16. The van der Waals surface area contributed by atoms with Crippen LogP contribution in [0.4, 0.5) is 8.78 Å². The summed E-state index contributed by atoms with van der Waals surface area (Å²) in [6.45, 7) is -1.17. The zero-order chi connectivity index (χ0) is 17.5. The predicted molar refractivity (Wildman–Crippen MR) is 77.9 cm³/mol. The zero-order valence-corrected chi connectivity index (χ0v) is 12.5. The first kappa shape index (κ1) is 17.3. The van der Waals surface area contributed by atoms with Crippen molar-refractivity contribution in [2.45, 2.75) is 13.5 Å². The lowest BCUT2D eigenvalue weighted by Gasteiger charge is -2.13. The number of hydrogen-bond acceptors (Lipinski definition) is 5. The van der Waals surface area contributed by atoms with Gasteiger partial charge in [0.2, 0.25) is 0 Å². The predicted octanol–water partition coefficient (Wildman–Crippen LogP) is 2.35. The molecule has 1 heterocycles. The van der Waals surface area contributed by atoms with E-state index in [0.29, 0.717) is 0 Å². The molecule has 2 rings (SSSR count). The Hall–Kier alpha value is -3.10. The van der Waals surface area contributed by atoms with Crippen molar-refractivity contribution in [1.29, 1.82) is 0 Å². The van der Waals surface area contributed by atoms with Crippen molar-refractivity contribution in [3.8, 4) is 11.5 Å². The van der Waals surface area contributed by atoms with Gasteiger partial charge in [0, 0.05) is 5.56 Å². The number of rotatable bonds is 6. The lowest BCUT2D eigenvalue weighted by Crippen LogP contribution is -2.41. The van der Waals surface area contributed by atoms with Gasteiger partial charge in [-0.25, -0.2) is 0 Å². The van der Waals surface area contributed by atoms with Crippen LogP contribution in [0.3, 0.4) is 0 Å². The summed E-state index contributed by atoms with van der Waals surface area (Å²) < 4.78 is 39.0. The molecule has 7 nitrogen and oxygen atoms in total. The van der Waals surface area contributed by atoms with E-state index in [9.17, 15) is 18.4 Å². The first-order valence-electron chi connectivity index (χ1n) is 6.87. The standard InChI is InChI=1S/C15H14F2N2O5/c1-2-22-12-8-9(5-6-10(12)24-15(16)17)13(20)18-19-14(21)11-4-3-7-23-11/h3-8,15H,2H2,1H3,(H,18,20)(H,19,21). The molecule has 128 valence electrons. The van der Waals surface area contributed by atoms with E-state index in [2.05, 4.69) is 15.6 Å². The third kappa shape index (κ3) is 4.45. The van der Waals surface area contributed by atoms with Crippen LogP contribution in [-0.4, -0.2) is 25.0 Å². The number of amides is 2. The minimum Gasteiger partial charge on any atom is -0.490 e. The van der Waals surface area contributed by atoms with Crippen molar-refractivity contribution >= 4 is 11.8 Å². The average Bonchev–Trinajstić information content (AvgIpc) is 3.08. The van der Waals surface area contributed by atoms with Gasteiger partial charge in [0.25, 0.3) is 5.91 Å². The van der Waals surface area contributed by atoms with Crippen LogP contribution < -0.4 is 20.3 Å². The van der Waals surface area contributed by atoms with E-state index in [1.54, 1.807) is 6.92 Å². The minimum absolute atomic E-state index is 0.0113. The molecule has 1 aromatic heterocycles. The molecule has 1 aromatic carbocycles. The Labute approximate surface area is 135 Å². The summed E-state index contributed by atoms with van der Waals surface area (Å²) in [5.41, 5.74) is 4.41. The first-order chi connectivity index (χ1) is 11.5. The van der Waals surface area contributed by atoms with Gasteiger partial charge in [0.1, 0.15) is 0 Å². The Morgan fingerprint density at radius 1 is 1.17 bits per heavy atom. The molecule has 0 atom stereocenters. The molecule has 24 heavy (non-hydrogen) atoms. The van der Waals surface area contributed by atoms with Gasteiger partial charge in [-0.1, -0.05) is 0 Å². The molecule has 2 aromatic rings. The second-order valence-corrected chi connectivity index (χ2v) is 4.36. The van der Waals surface area contributed by atoms with Crippen LogP contribution in [0.1, 0.15) is 27.8 Å². The summed E-state index contributed by atoms with van der Waals surface area (Å²) in [6.07, 6.45) is 1.31. The fourth-order valence-corrected chi connectivity index (χ4v) is 1.77. The summed E-state index contributed by atoms with van der Waals surface area (Å²) in [5.74, 6) is -1.49. The van der Waals surface area contributed by atoms with Gasteiger partial charge in [-0.05, 0) is 37.3 Å². The Morgan fingerprint density at radius 2 is 1.92 bits per heavy atom. The molecule has 0 spiro atoms. The van der Waals surface area contributed by atoms with E-state index in [-0.39, 0.29) is 29.4 Å². The van der Waals surface area contributed by atoms with Crippen molar-refractivity contribution < 1.29 is 32.3 Å². The SMILES string of the molecule is CCOc1cc(C(=O)NNC(=O)c2ccco2)ccc1OC(F)F. The minimum atomic E-state index is -3.02. The van der Waals surface area contributed by atoms with Crippen LogP contribution >= 0.6 is 0 Å². The number of nitrogens with one attached hydrogen (secondary N) is 2. The first-order valence-corrected chi connectivity index (χ1v) is 6.87. The largest absolute Gasteiger partial charge is 0.490 e. The Balaban J connectivity index is 2.05. The maximum Gasteiger partial charge on any atom is 0.387 e. The number of ether oxygens (including phenoxy) is 2. The summed E-state index contributed by atoms with van der Waals surface area (Å²) in [6, 6.07) is 6.61. The Kier molecular flexibility index (Phi) is 5.72. The molecule has 0 unspecified atom stereocenters. The molecule has 0 aliphatic rings. The van der Waals surface area contributed by atoms with Gasteiger partial charge >= 0.3 is 12.5 Å². The monoisotopic (exact) mass is 340 g/mol. The van der Waals surface area contributed by atoms with E-state index in [0.717, 1.165) is 0 Å².